The number of rotatable bonds is 5. The second-order valence-electron chi connectivity index (χ2n) is 6.37. The van der Waals surface area contributed by atoms with Gasteiger partial charge in [-0.2, -0.15) is 15.0 Å². The number of nitrogens with one attached hydrogen (secondary N) is 1. The van der Waals surface area contributed by atoms with Gasteiger partial charge in [-0.3, -0.25) is 4.79 Å². The minimum Gasteiger partial charge on any atom is -0.454 e. The Morgan fingerprint density at radius 1 is 1.23 bits per heavy atom. The summed E-state index contributed by atoms with van der Waals surface area (Å²) in [5.41, 5.74) is 6.17. The van der Waals surface area contributed by atoms with Gasteiger partial charge in [0, 0.05) is 12.7 Å². The van der Waals surface area contributed by atoms with E-state index < -0.39 is 11.5 Å². The second-order valence-corrected chi connectivity index (χ2v) is 6.37. The number of aryl methyl sites for hydroxylation is 2. The average Bonchev–Trinajstić information content (AvgIpc) is 3.06. The Morgan fingerprint density at radius 3 is 2.77 bits per heavy atom. The first-order valence-corrected chi connectivity index (χ1v) is 8.86. The fraction of sp³-hybridized carbons (Fsp3) is 0.158. The molecular formula is C19H17N7O4. The Hall–Kier alpha value is -4.28. The van der Waals surface area contributed by atoms with Crippen LogP contribution in [0.4, 0.5) is 17.6 Å². The normalized spacial score (nSPS) is 10.9. The molecule has 0 fully saturated rings. The van der Waals surface area contributed by atoms with E-state index in [1.807, 2.05) is 30.3 Å². The molecule has 0 aliphatic carbocycles. The molecule has 4 rings (SSSR count). The first kappa shape index (κ1) is 19.1. The molecule has 0 unspecified atom stereocenters. The van der Waals surface area contributed by atoms with Crippen molar-refractivity contribution >= 4 is 34.7 Å². The number of benzene rings is 1. The van der Waals surface area contributed by atoms with Gasteiger partial charge in [-0.05, 0) is 19.1 Å². The summed E-state index contributed by atoms with van der Waals surface area (Å²) in [4.78, 5) is 41.3. The van der Waals surface area contributed by atoms with Gasteiger partial charge >= 0.3 is 5.97 Å². The summed E-state index contributed by atoms with van der Waals surface area (Å²) in [7, 11) is 1.53. The molecule has 0 amide bonds. The molecule has 152 valence electrons. The highest BCUT2D eigenvalue weighted by Gasteiger charge is 2.24. The van der Waals surface area contributed by atoms with E-state index in [9.17, 15) is 9.59 Å². The molecule has 0 bridgehead atoms. The van der Waals surface area contributed by atoms with Gasteiger partial charge in [0.1, 0.15) is 23.0 Å². The maximum atomic E-state index is 12.7. The van der Waals surface area contributed by atoms with Crippen molar-refractivity contribution in [1.29, 1.82) is 0 Å². The van der Waals surface area contributed by atoms with Crippen LogP contribution in [-0.4, -0.2) is 30.5 Å². The van der Waals surface area contributed by atoms with Crippen LogP contribution in [0.2, 0.25) is 0 Å². The highest BCUT2D eigenvalue weighted by molar-refractivity contribution is 6.03. The predicted octanol–water partition coefficient (Wildman–Crippen LogP) is 1.70. The molecule has 0 atom stereocenters. The summed E-state index contributed by atoms with van der Waals surface area (Å²) >= 11 is 0. The van der Waals surface area contributed by atoms with Crippen LogP contribution in [-0.2, 0) is 18.4 Å². The lowest BCUT2D eigenvalue weighted by Gasteiger charge is -2.08. The molecule has 0 saturated carbocycles. The number of anilines is 3. The van der Waals surface area contributed by atoms with E-state index in [-0.39, 0.29) is 46.8 Å². The van der Waals surface area contributed by atoms with Crippen LogP contribution < -0.4 is 16.6 Å². The minimum atomic E-state index is -0.757. The number of hydrogen-bond donors (Lipinski definition) is 2. The van der Waals surface area contributed by atoms with Crippen LogP contribution in [0.15, 0.2) is 45.9 Å². The number of carbonyl (C=O) groups excluding carboxylic acids is 1. The van der Waals surface area contributed by atoms with Crippen molar-refractivity contribution in [2.75, 3.05) is 11.1 Å². The zero-order chi connectivity index (χ0) is 21.3. The lowest BCUT2D eigenvalue weighted by atomic mass is 10.2. The smallest absolute Gasteiger partial charge is 0.343 e. The Balaban J connectivity index is 1.56. The van der Waals surface area contributed by atoms with Crippen LogP contribution in [0.5, 0.6) is 0 Å². The molecule has 11 nitrogen and oxygen atoms in total. The number of ether oxygens (including phenoxy) is 1. The number of nitrogens with two attached hydrogens (primary N) is 1. The summed E-state index contributed by atoms with van der Waals surface area (Å²) in [6.07, 6.45) is 1.32. The summed E-state index contributed by atoms with van der Waals surface area (Å²) in [6, 6.07) is 9.25. The average molecular weight is 407 g/mol. The summed E-state index contributed by atoms with van der Waals surface area (Å²) in [6.45, 7) is 1.28. The molecule has 3 heterocycles. The topological polar surface area (TPSA) is 151 Å². The number of nitrogen functional groups attached to an aromatic ring is 1. The van der Waals surface area contributed by atoms with Gasteiger partial charge in [0.2, 0.25) is 17.6 Å². The van der Waals surface area contributed by atoms with E-state index in [1.165, 1.54) is 17.9 Å². The number of para-hydroxylation sites is 1. The third-order valence-corrected chi connectivity index (χ3v) is 4.21. The predicted molar refractivity (Wildman–Crippen MR) is 107 cm³/mol. The van der Waals surface area contributed by atoms with Crippen molar-refractivity contribution in [1.82, 2.24) is 24.5 Å². The molecule has 0 spiro atoms. The van der Waals surface area contributed by atoms with Crippen molar-refractivity contribution in [2.24, 2.45) is 7.05 Å². The summed E-state index contributed by atoms with van der Waals surface area (Å²) < 4.78 is 12.0. The first-order valence-electron chi connectivity index (χ1n) is 8.86. The van der Waals surface area contributed by atoms with Gasteiger partial charge in [-0.25, -0.2) is 9.78 Å². The number of aromatic nitrogens is 5. The number of esters is 1. The third-order valence-electron chi connectivity index (χ3n) is 4.21. The lowest BCUT2D eigenvalue weighted by molar-refractivity contribution is 0.0462. The number of nitrogens with zero attached hydrogens (tertiary/aromatic N) is 5. The van der Waals surface area contributed by atoms with Gasteiger partial charge in [0.25, 0.3) is 5.56 Å². The maximum absolute atomic E-state index is 12.7. The molecular weight excluding hydrogens is 390 g/mol. The van der Waals surface area contributed by atoms with Crippen molar-refractivity contribution in [3.05, 3.63) is 64.2 Å². The largest absolute Gasteiger partial charge is 0.454 e. The monoisotopic (exact) mass is 407 g/mol. The van der Waals surface area contributed by atoms with Crippen LogP contribution in [0.3, 0.4) is 0 Å². The summed E-state index contributed by atoms with van der Waals surface area (Å²) in [5, 5.41) is 3.06. The van der Waals surface area contributed by atoms with Crippen molar-refractivity contribution < 1.29 is 13.9 Å². The molecule has 30 heavy (non-hydrogen) atoms. The van der Waals surface area contributed by atoms with E-state index >= 15 is 0 Å². The molecule has 11 heteroatoms. The SMILES string of the molecule is Cc1oc2ncn(C)c(=O)c2c1C(=O)OCc1nc(N)nc(Nc2ccccc2)n1. The highest BCUT2D eigenvalue weighted by atomic mass is 16.5. The van der Waals surface area contributed by atoms with E-state index in [0.717, 1.165) is 5.69 Å². The van der Waals surface area contributed by atoms with Crippen LogP contribution >= 0.6 is 0 Å². The number of carbonyl (C=O) groups is 1. The Bertz CT molecular complexity index is 1300. The standard InChI is InChI=1S/C19H17N7O4/c1-10-13(14-15(30-10)21-9-26(2)16(14)27)17(28)29-8-12-23-18(20)25-19(24-12)22-11-6-4-3-5-7-11/h3-7,9H,8H2,1-2H3,(H3,20,22,23,24,25). The summed E-state index contributed by atoms with van der Waals surface area (Å²) in [5.74, 6) is -0.202. The fourth-order valence-corrected chi connectivity index (χ4v) is 2.84. The van der Waals surface area contributed by atoms with Crippen molar-refractivity contribution in [3.63, 3.8) is 0 Å². The molecule has 3 N–H and O–H groups in total. The number of hydrogen-bond acceptors (Lipinski definition) is 10. The molecule has 1 aromatic carbocycles. The molecule has 0 saturated heterocycles. The maximum Gasteiger partial charge on any atom is 0.343 e. The van der Waals surface area contributed by atoms with Gasteiger partial charge < -0.3 is 24.8 Å². The zero-order valence-electron chi connectivity index (χ0n) is 16.1. The van der Waals surface area contributed by atoms with Gasteiger partial charge in [0.15, 0.2) is 12.4 Å². The fourth-order valence-electron chi connectivity index (χ4n) is 2.84. The quantitative estimate of drug-likeness (QED) is 0.468. The van der Waals surface area contributed by atoms with Crippen molar-refractivity contribution in [2.45, 2.75) is 13.5 Å². The highest BCUT2D eigenvalue weighted by Crippen LogP contribution is 2.22. The first-order chi connectivity index (χ1) is 14.4. The van der Waals surface area contributed by atoms with E-state index in [4.69, 9.17) is 14.9 Å². The number of furan rings is 1. The van der Waals surface area contributed by atoms with E-state index in [0.29, 0.717) is 0 Å². The van der Waals surface area contributed by atoms with Crippen LogP contribution in [0.1, 0.15) is 21.9 Å². The van der Waals surface area contributed by atoms with Gasteiger partial charge in [0.05, 0.1) is 0 Å². The molecule has 0 aliphatic rings. The molecule has 0 radical (unpaired) electrons. The molecule has 3 aromatic heterocycles. The second kappa shape index (κ2) is 7.62. The minimum absolute atomic E-state index is 0.0170. The third kappa shape index (κ3) is 3.68. The Labute approximate surface area is 169 Å². The molecule has 0 aliphatic heterocycles. The van der Waals surface area contributed by atoms with Gasteiger partial charge in [-0.15, -0.1) is 0 Å². The van der Waals surface area contributed by atoms with Gasteiger partial charge in [-0.1, -0.05) is 18.2 Å². The van der Waals surface area contributed by atoms with E-state index in [1.54, 1.807) is 6.92 Å². The van der Waals surface area contributed by atoms with Crippen molar-refractivity contribution in [3.8, 4) is 0 Å². The van der Waals surface area contributed by atoms with Crippen LogP contribution in [0.25, 0.3) is 11.1 Å². The van der Waals surface area contributed by atoms with Crippen LogP contribution in [0, 0.1) is 6.92 Å². The lowest BCUT2D eigenvalue weighted by Crippen LogP contribution is -2.19. The Kier molecular flexibility index (Phi) is 4.84. The number of fused-ring (bicyclic) bond motifs is 1. The Morgan fingerprint density at radius 2 is 2.00 bits per heavy atom. The molecule has 4 aromatic rings. The zero-order valence-corrected chi connectivity index (χ0v) is 16.1. The van der Waals surface area contributed by atoms with E-state index in [2.05, 4.69) is 25.3 Å².